The summed E-state index contributed by atoms with van der Waals surface area (Å²) < 4.78 is 12.2. The predicted octanol–water partition coefficient (Wildman–Crippen LogP) is 8.07. The maximum atomic E-state index is 6.13. The molecule has 2 heteroatoms. The van der Waals surface area contributed by atoms with Crippen LogP contribution in [-0.4, -0.2) is 19.3 Å². The quantitative estimate of drug-likeness (QED) is 0.402. The van der Waals surface area contributed by atoms with Crippen molar-refractivity contribution >= 4 is 0 Å². The van der Waals surface area contributed by atoms with E-state index in [-0.39, 0.29) is 12.2 Å². The highest BCUT2D eigenvalue weighted by Gasteiger charge is 2.23. The van der Waals surface area contributed by atoms with Gasteiger partial charge in [0.25, 0.3) is 0 Å². The number of hydrogen-bond acceptors (Lipinski definition) is 2. The van der Waals surface area contributed by atoms with Crippen molar-refractivity contribution in [3.8, 4) is 11.1 Å². The van der Waals surface area contributed by atoms with Gasteiger partial charge in [0.1, 0.15) is 6.10 Å². The first-order valence-electron chi connectivity index (χ1n) is 12.7. The lowest BCUT2D eigenvalue weighted by atomic mass is 9.77. The fourth-order valence-electron chi connectivity index (χ4n) is 5.27. The Balaban J connectivity index is 1.30. The minimum atomic E-state index is 0.0668. The van der Waals surface area contributed by atoms with E-state index in [2.05, 4.69) is 62.4 Å². The molecule has 1 saturated carbocycles. The van der Waals surface area contributed by atoms with Gasteiger partial charge in [-0.25, -0.2) is 0 Å². The summed E-state index contributed by atoms with van der Waals surface area (Å²) in [5.74, 6) is 1.72. The average Bonchev–Trinajstić information content (AvgIpc) is 2.85. The molecular formula is C29H40O2. The number of hydrogen-bond donors (Lipinski definition) is 0. The van der Waals surface area contributed by atoms with E-state index in [0.717, 1.165) is 24.9 Å². The van der Waals surface area contributed by atoms with Crippen LogP contribution in [-0.2, 0) is 9.47 Å². The molecule has 1 saturated heterocycles. The highest BCUT2D eigenvalue weighted by molar-refractivity contribution is 5.64. The minimum Gasteiger partial charge on any atom is -0.373 e. The number of rotatable bonds is 8. The molecule has 2 atom stereocenters. The first kappa shape index (κ1) is 22.6. The van der Waals surface area contributed by atoms with E-state index in [1.165, 1.54) is 73.6 Å². The molecule has 0 amide bonds. The van der Waals surface area contributed by atoms with E-state index >= 15 is 0 Å². The molecular weight excluding hydrogens is 380 g/mol. The fraction of sp³-hybridized carbons (Fsp3) is 0.586. The van der Waals surface area contributed by atoms with E-state index in [0.29, 0.717) is 6.61 Å². The average molecular weight is 421 g/mol. The Kier molecular flexibility index (Phi) is 8.21. The second-order valence-electron chi connectivity index (χ2n) is 9.64. The van der Waals surface area contributed by atoms with Gasteiger partial charge in [0, 0.05) is 0 Å². The second-order valence-corrected chi connectivity index (χ2v) is 9.64. The molecule has 2 aromatic rings. The van der Waals surface area contributed by atoms with Gasteiger partial charge in [0.2, 0.25) is 0 Å². The predicted molar refractivity (Wildman–Crippen MR) is 129 cm³/mol. The van der Waals surface area contributed by atoms with E-state index < -0.39 is 0 Å². The first-order valence-corrected chi connectivity index (χ1v) is 12.7. The molecule has 0 unspecified atom stereocenters. The summed E-state index contributed by atoms with van der Waals surface area (Å²) in [5.41, 5.74) is 5.32. The Bertz CT molecular complexity index is 763. The molecule has 0 radical (unpaired) electrons. The van der Waals surface area contributed by atoms with Crippen LogP contribution in [0.5, 0.6) is 0 Å². The van der Waals surface area contributed by atoms with Crippen molar-refractivity contribution in [2.24, 2.45) is 5.92 Å². The third kappa shape index (κ3) is 5.99. The first-order chi connectivity index (χ1) is 15.3. The van der Waals surface area contributed by atoms with Crippen molar-refractivity contribution in [3.05, 3.63) is 59.7 Å². The normalized spacial score (nSPS) is 26.6. The SMILES string of the molecule is CCCCC[C@@H]1CO[C@@H](c2ccc(-c3ccc([C@H]4CC[C@H](CC)CC4)cc3)cc2)CO1. The van der Waals surface area contributed by atoms with Gasteiger partial charge < -0.3 is 9.47 Å². The molecule has 2 fully saturated rings. The van der Waals surface area contributed by atoms with Crippen molar-refractivity contribution in [2.45, 2.75) is 89.8 Å². The smallest absolute Gasteiger partial charge is 0.106 e. The van der Waals surface area contributed by atoms with Crippen LogP contribution in [0.25, 0.3) is 11.1 Å². The number of benzene rings is 2. The number of unbranched alkanes of at least 4 members (excludes halogenated alkanes) is 2. The van der Waals surface area contributed by atoms with E-state index in [9.17, 15) is 0 Å². The minimum absolute atomic E-state index is 0.0668. The lowest BCUT2D eigenvalue weighted by Crippen LogP contribution is -2.31. The molecule has 1 aliphatic heterocycles. The van der Waals surface area contributed by atoms with E-state index in [4.69, 9.17) is 9.47 Å². The molecule has 1 aliphatic carbocycles. The fourth-order valence-corrected chi connectivity index (χ4v) is 5.27. The highest BCUT2D eigenvalue weighted by Crippen LogP contribution is 2.37. The summed E-state index contributed by atoms with van der Waals surface area (Å²) in [6, 6.07) is 18.2. The van der Waals surface area contributed by atoms with Gasteiger partial charge in [-0.1, -0.05) is 88.1 Å². The van der Waals surface area contributed by atoms with Gasteiger partial charge in [-0.2, -0.15) is 0 Å². The molecule has 0 aromatic heterocycles. The topological polar surface area (TPSA) is 18.5 Å². The third-order valence-corrected chi connectivity index (χ3v) is 7.52. The summed E-state index contributed by atoms with van der Waals surface area (Å²) in [5, 5.41) is 0. The van der Waals surface area contributed by atoms with Crippen molar-refractivity contribution < 1.29 is 9.47 Å². The van der Waals surface area contributed by atoms with Crippen LogP contribution < -0.4 is 0 Å². The van der Waals surface area contributed by atoms with Crippen LogP contribution in [0.1, 0.15) is 94.8 Å². The maximum absolute atomic E-state index is 6.13. The molecule has 4 rings (SSSR count). The molecule has 31 heavy (non-hydrogen) atoms. The van der Waals surface area contributed by atoms with Gasteiger partial charge in [-0.15, -0.1) is 0 Å². The third-order valence-electron chi connectivity index (χ3n) is 7.52. The second kappa shape index (κ2) is 11.3. The van der Waals surface area contributed by atoms with Gasteiger partial charge >= 0.3 is 0 Å². The standard InChI is InChI=1S/C29H40O2/c1-3-5-6-7-28-20-31-29(21-30-28)27-18-16-26(17-19-27)25-14-12-24(13-15-25)23-10-8-22(4-2)9-11-23/h12-19,22-23,28-29H,3-11,20-21H2,1-2H3/t22-,23-,28-,29-/m1/s1. The summed E-state index contributed by atoms with van der Waals surface area (Å²) in [6.07, 6.45) is 12.1. The molecule has 1 heterocycles. The molecule has 2 nitrogen and oxygen atoms in total. The van der Waals surface area contributed by atoms with Crippen molar-refractivity contribution in [1.29, 1.82) is 0 Å². The zero-order chi connectivity index (χ0) is 21.5. The van der Waals surface area contributed by atoms with Crippen LogP contribution in [0, 0.1) is 5.92 Å². The maximum Gasteiger partial charge on any atom is 0.106 e. The van der Waals surface area contributed by atoms with Crippen LogP contribution in [0.2, 0.25) is 0 Å². The van der Waals surface area contributed by atoms with E-state index in [1.54, 1.807) is 0 Å². The van der Waals surface area contributed by atoms with Gasteiger partial charge in [-0.3, -0.25) is 0 Å². The van der Waals surface area contributed by atoms with Gasteiger partial charge in [0.15, 0.2) is 0 Å². The molecule has 2 aliphatic rings. The van der Waals surface area contributed by atoms with Gasteiger partial charge in [0.05, 0.1) is 19.3 Å². The monoisotopic (exact) mass is 420 g/mol. The lowest BCUT2D eigenvalue weighted by molar-refractivity contribution is -0.137. The number of ether oxygens (including phenoxy) is 2. The summed E-state index contributed by atoms with van der Waals surface area (Å²) in [4.78, 5) is 0. The highest BCUT2D eigenvalue weighted by atomic mass is 16.6. The zero-order valence-electron chi connectivity index (χ0n) is 19.5. The van der Waals surface area contributed by atoms with Crippen LogP contribution in [0.15, 0.2) is 48.5 Å². The summed E-state index contributed by atoms with van der Waals surface area (Å²) in [7, 11) is 0. The zero-order valence-corrected chi connectivity index (χ0v) is 19.5. The van der Waals surface area contributed by atoms with Crippen molar-refractivity contribution in [2.75, 3.05) is 13.2 Å². The Hall–Kier alpha value is -1.64. The van der Waals surface area contributed by atoms with Crippen LogP contribution in [0.4, 0.5) is 0 Å². The van der Waals surface area contributed by atoms with Crippen LogP contribution >= 0.6 is 0 Å². The summed E-state index contributed by atoms with van der Waals surface area (Å²) in [6.45, 7) is 5.97. The Morgan fingerprint density at radius 3 is 1.90 bits per heavy atom. The molecule has 0 N–H and O–H groups in total. The Labute approximate surface area is 189 Å². The van der Waals surface area contributed by atoms with E-state index in [1.807, 2.05) is 0 Å². The lowest BCUT2D eigenvalue weighted by Gasteiger charge is -2.30. The van der Waals surface area contributed by atoms with Crippen LogP contribution in [0.3, 0.4) is 0 Å². The largest absolute Gasteiger partial charge is 0.373 e. The molecule has 0 spiro atoms. The Morgan fingerprint density at radius 1 is 0.710 bits per heavy atom. The molecule has 2 aromatic carbocycles. The van der Waals surface area contributed by atoms with Crippen molar-refractivity contribution in [1.82, 2.24) is 0 Å². The van der Waals surface area contributed by atoms with Gasteiger partial charge in [-0.05, 0) is 66.2 Å². The summed E-state index contributed by atoms with van der Waals surface area (Å²) >= 11 is 0. The van der Waals surface area contributed by atoms with Crippen molar-refractivity contribution in [3.63, 3.8) is 0 Å². The molecule has 168 valence electrons. The molecule has 0 bridgehead atoms. The Morgan fingerprint density at radius 2 is 1.35 bits per heavy atom.